The Balaban J connectivity index is 1.63. The number of hydrogen-bond donors (Lipinski definition) is 1. The lowest BCUT2D eigenvalue weighted by Gasteiger charge is -2.39. The zero-order valence-corrected chi connectivity index (χ0v) is 18.1. The Morgan fingerprint density at radius 3 is 2.63 bits per heavy atom. The highest BCUT2D eigenvalue weighted by atomic mass is 16.5. The van der Waals surface area contributed by atoms with Crippen LogP contribution in [0.1, 0.15) is 34.8 Å². The molecule has 0 saturated carbocycles. The Bertz CT molecular complexity index is 809. The highest BCUT2D eigenvalue weighted by Gasteiger charge is 2.30. The van der Waals surface area contributed by atoms with E-state index in [2.05, 4.69) is 29.4 Å². The minimum atomic E-state index is -0.0751. The topological polar surface area (TPSA) is 60.0 Å². The third kappa shape index (κ3) is 5.74. The third-order valence-electron chi connectivity index (χ3n) is 5.64. The van der Waals surface area contributed by atoms with E-state index in [1.807, 2.05) is 30.3 Å². The fourth-order valence-corrected chi connectivity index (χ4v) is 4.10. The number of likely N-dealkylation sites (tertiary alicyclic amines) is 1. The lowest BCUT2D eigenvalue weighted by atomic mass is 9.85. The molecule has 1 amide bonds. The molecule has 0 bridgehead atoms. The molecule has 1 heterocycles. The number of benzene rings is 2. The van der Waals surface area contributed by atoms with Crippen molar-refractivity contribution in [1.82, 2.24) is 10.2 Å². The van der Waals surface area contributed by atoms with Crippen molar-refractivity contribution in [3.05, 3.63) is 59.7 Å². The monoisotopic (exact) mass is 412 g/mol. The van der Waals surface area contributed by atoms with Crippen LogP contribution in [-0.4, -0.2) is 58.4 Å². The average Bonchev–Trinajstić information content (AvgIpc) is 2.78. The second kappa shape index (κ2) is 11.0. The van der Waals surface area contributed by atoms with Gasteiger partial charge in [0.15, 0.2) is 0 Å². The van der Waals surface area contributed by atoms with Gasteiger partial charge in [0.25, 0.3) is 5.91 Å². The molecule has 2 unspecified atom stereocenters. The zero-order chi connectivity index (χ0) is 21.3. The summed E-state index contributed by atoms with van der Waals surface area (Å²) in [7, 11) is 5.47. The number of piperidine rings is 1. The number of rotatable bonds is 9. The van der Waals surface area contributed by atoms with Crippen LogP contribution < -0.4 is 14.8 Å². The van der Waals surface area contributed by atoms with Crippen molar-refractivity contribution in [2.24, 2.45) is 5.92 Å². The van der Waals surface area contributed by atoms with Crippen LogP contribution in [0.2, 0.25) is 0 Å². The SMILES string of the molecule is COCCOc1cccc(C(=O)NCC2CCCN(C)C2c2ccc(OC)cc2)c1. The Labute approximate surface area is 179 Å². The average molecular weight is 413 g/mol. The number of methoxy groups -OCH3 is 2. The molecule has 1 N–H and O–H groups in total. The smallest absolute Gasteiger partial charge is 0.251 e. The Morgan fingerprint density at radius 2 is 1.90 bits per heavy atom. The molecule has 30 heavy (non-hydrogen) atoms. The van der Waals surface area contributed by atoms with Crippen LogP contribution in [0.25, 0.3) is 0 Å². The summed E-state index contributed by atoms with van der Waals surface area (Å²) < 4.78 is 15.9. The van der Waals surface area contributed by atoms with Crippen LogP contribution in [0.5, 0.6) is 11.5 Å². The molecule has 1 aliphatic heterocycles. The fourth-order valence-electron chi connectivity index (χ4n) is 4.10. The Morgan fingerprint density at radius 1 is 1.10 bits per heavy atom. The van der Waals surface area contributed by atoms with Crippen molar-refractivity contribution < 1.29 is 19.0 Å². The van der Waals surface area contributed by atoms with Crippen molar-refractivity contribution in [1.29, 1.82) is 0 Å². The summed E-state index contributed by atoms with van der Waals surface area (Å²) in [6.45, 7) is 2.66. The molecule has 0 aliphatic carbocycles. The molecule has 2 aromatic rings. The molecule has 1 fully saturated rings. The third-order valence-corrected chi connectivity index (χ3v) is 5.64. The van der Waals surface area contributed by atoms with Gasteiger partial charge in [-0.25, -0.2) is 0 Å². The van der Waals surface area contributed by atoms with Crippen molar-refractivity contribution in [3.8, 4) is 11.5 Å². The van der Waals surface area contributed by atoms with E-state index in [0.29, 0.717) is 37.0 Å². The van der Waals surface area contributed by atoms with Crippen molar-refractivity contribution in [2.45, 2.75) is 18.9 Å². The normalized spacial score (nSPS) is 19.3. The van der Waals surface area contributed by atoms with Crippen LogP contribution in [-0.2, 0) is 4.74 Å². The lowest BCUT2D eigenvalue weighted by molar-refractivity contribution is 0.0890. The minimum Gasteiger partial charge on any atom is -0.497 e. The summed E-state index contributed by atoms with van der Waals surface area (Å²) in [5, 5.41) is 3.14. The van der Waals surface area contributed by atoms with Crippen LogP contribution in [0.3, 0.4) is 0 Å². The number of carbonyl (C=O) groups excluding carboxylic acids is 1. The first-order valence-corrected chi connectivity index (χ1v) is 10.5. The number of nitrogens with zero attached hydrogens (tertiary/aromatic N) is 1. The standard InChI is InChI=1S/C24H32N2O4/c1-26-13-5-7-20(23(26)18-9-11-21(29-3)12-10-18)17-25-24(27)19-6-4-8-22(16-19)30-15-14-28-2/h4,6,8-12,16,20,23H,5,7,13-15,17H2,1-3H3,(H,25,27). The van der Waals surface area contributed by atoms with Crippen LogP contribution in [0.15, 0.2) is 48.5 Å². The number of carbonyl (C=O) groups is 1. The van der Waals surface area contributed by atoms with Gasteiger partial charge >= 0.3 is 0 Å². The van der Waals surface area contributed by atoms with Crippen molar-refractivity contribution in [2.75, 3.05) is 47.6 Å². The number of hydrogen-bond acceptors (Lipinski definition) is 5. The van der Waals surface area contributed by atoms with E-state index in [1.165, 1.54) is 5.56 Å². The molecular weight excluding hydrogens is 380 g/mol. The summed E-state index contributed by atoms with van der Waals surface area (Å²) in [4.78, 5) is 15.1. The molecule has 6 heteroatoms. The van der Waals surface area contributed by atoms with Crippen LogP contribution >= 0.6 is 0 Å². The summed E-state index contributed by atoms with van der Waals surface area (Å²) in [6, 6.07) is 15.8. The quantitative estimate of drug-likeness (QED) is 0.639. The summed E-state index contributed by atoms with van der Waals surface area (Å²) in [5.74, 6) is 1.80. The van der Waals surface area contributed by atoms with Crippen LogP contribution in [0, 0.1) is 5.92 Å². The fraction of sp³-hybridized carbons (Fsp3) is 0.458. The van der Waals surface area contributed by atoms with Crippen LogP contribution in [0.4, 0.5) is 0 Å². The first-order valence-electron chi connectivity index (χ1n) is 10.5. The van der Waals surface area contributed by atoms with E-state index in [0.717, 1.165) is 25.1 Å². The predicted octanol–water partition coefficient (Wildman–Crippen LogP) is 3.53. The van der Waals surface area contributed by atoms with Gasteiger partial charge in [-0.05, 0) is 68.2 Å². The molecule has 0 spiro atoms. The first-order chi connectivity index (χ1) is 14.6. The van der Waals surface area contributed by atoms with Gasteiger partial charge < -0.3 is 19.5 Å². The lowest BCUT2D eigenvalue weighted by Crippen LogP contribution is -2.41. The molecule has 0 radical (unpaired) electrons. The minimum absolute atomic E-state index is 0.0751. The Kier molecular flexibility index (Phi) is 8.11. The van der Waals surface area contributed by atoms with Gasteiger partial charge in [0.05, 0.1) is 13.7 Å². The first kappa shape index (κ1) is 22.1. The summed E-state index contributed by atoms with van der Waals surface area (Å²) in [6.07, 6.45) is 2.22. The molecule has 2 aromatic carbocycles. The zero-order valence-electron chi connectivity index (χ0n) is 18.1. The molecule has 1 saturated heterocycles. The van der Waals surface area contributed by atoms with E-state index in [1.54, 1.807) is 20.3 Å². The molecule has 6 nitrogen and oxygen atoms in total. The van der Waals surface area contributed by atoms with Gasteiger partial charge in [0.1, 0.15) is 18.1 Å². The van der Waals surface area contributed by atoms with Gasteiger partial charge in [-0.1, -0.05) is 18.2 Å². The van der Waals surface area contributed by atoms with E-state index in [4.69, 9.17) is 14.2 Å². The maximum atomic E-state index is 12.8. The maximum Gasteiger partial charge on any atom is 0.251 e. The van der Waals surface area contributed by atoms with Crippen molar-refractivity contribution >= 4 is 5.91 Å². The van der Waals surface area contributed by atoms with Gasteiger partial charge in [-0.15, -0.1) is 0 Å². The molecule has 1 aliphatic rings. The highest BCUT2D eigenvalue weighted by molar-refractivity contribution is 5.94. The second-order valence-electron chi connectivity index (χ2n) is 7.68. The second-order valence-corrected chi connectivity index (χ2v) is 7.68. The molecule has 2 atom stereocenters. The molecule has 162 valence electrons. The van der Waals surface area contributed by atoms with E-state index in [-0.39, 0.29) is 11.9 Å². The van der Waals surface area contributed by atoms with Crippen molar-refractivity contribution in [3.63, 3.8) is 0 Å². The van der Waals surface area contributed by atoms with Gasteiger partial charge in [-0.2, -0.15) is 0 Å². The summed E-state index contributed by atoms with van der Waals surface area (Å²) >= 11 is 0. The molecule has 0 aromatic heterocycles. The van der Waals surface area contributed by atoms with E-state index in [9.17, 15) is 4.79 Å². The van der Waals surface area contributed by atoms with Gasteiger partial charge in [0.2, 0.25) is 0 Å². The molecular formula is C24H32N2O4. The van der Waals surface area contributed by atoms with Gasteiger partial charge in [-0.3, -0.25) is 9.69 Å². The summed E-state index contributed by atoms with van der Waals surface area (Å²) in [5.41, 5.74) is 1.86. The van der Waals surface area contributed by atoms with E-state index >= 15 is 0 Å². The number of ether oxygens (including phenoxy) is 3. The van der Waals surface area contributed by atoms with E-state index < -0.39 is 0 Å². The molecule has 3 rings (SSSR count). The number of amides is 1. The van der Waals surface area contributed by atoms with Gasteiger partial charge in [0, 0.05) is 25.3 Å². The highest BCUT2D eigenvalue weighted by Crippen LogP contribution is 2.35. The Hall–Kier alpha value is -2.57. The maximum absolute atomic E-state index is 12.8. The largest absolute Gasteiger partial charge is 0.497 e. The predicted molar refractivity (Wildman–Crippen MR) is 117 cm³/mol. The number of nitrogens with one attached hydrogen (secondary N) is 1.